The summed E-state index contributed by atoms with van der Waals surface area (Å²) >= 11 is 0. The number of carbonyl (C=O) groups excluding carboxylic acids is 1. The summed E-state index contributed by atoms with van der Waals surface area (Å²) in [5, 5.41) is 11.8. The lowest BCUT2D eigenvalue weighted by Gasteiger charge is -2.25. The lowest BCUT2D eigenvalue weighted by atomic mass is 9.87. The van der Waals surface area contributed by atoms with Crippen LogP contribution in [0.5, 0.6) is 0 Å². The first kappa shape index (κ1) is 17.2. The van der Waals surface area contributed by atoms with Gasteiger partial charge in [-0.2, -0.15) is 0 Å². The van der Waals surface area contributed by atoms with Crippen molar-refractivity contribution in [2.75, 3.05) is 0 Å². The Labute approximate surface area is 126 Å². The Morgan fingerprint density at radius 2 is 1.95 bits per heavy atom. The average molecular weight is 291 g/mol. The van der Waals surface area contributed by atoms with Crippen LogP contribution in [-0.2, 0) is 16.0 Å². The summed E-state index contributed by atoms with van der Waals surface area (Å²) in [6.45, 7) is 8.09. The fourth-order valence-electron chi connectivity index (χ4n) is 2.41. The van der Waals surface area contributed by atoms with Crippen molar-refractivity contribution in [3.63, 3.8) is 0 Å². The SMILES string of the molecule is Cc1cccc(CC(=O)NC(CC(=O)O)CC(C)(C)C)c1. The average Bonchev–Trinajstić information content (AvgIpc) is 2.24. The van der Waals surface area contributed by atoms with Gasteiger partial charge in [-0.3, -0.25) is 9.59 Å². The number of hydrogen-bond donors (Lipinski definition) is 2. The van der Waals surface area contributed by atoms with Crippen LogP contribution in [0.4, 0.5) is 0 Å². The molecule has 4 nitrogen and oxygen atoms in total. The van der Waals surface area contributed by atoms with Crippen molar-refractivity contribution in [2.24, 2.45) is 5.41 Å². The quantitative estimate of drug-likeness (QED) is 0.847. The monoisotopic (exact) mass is 291 g/mol. The van der Waals surface area contributed by atoms with Crippen molar-refractivity contribution in [3.05, 3.63) is 35.4 Å². The van der Waals surface area contributed by atoms with E-state index in [9.17, 15) is 9.59 Å². The normalized spacial score (nSPS) is 12.8. The Hall–Kier alpha value is -1.84. The zero-order valence-corrected chi connectivity index (χ0v) is 13.3. The van der Waals surface area contributed by atoms with Crippen LogP contribution in [0.3, 0.4) is 0 Å². The molecule has 1 unspecified atom stereocenters. The number of hydrogen-bond acceptors (Lipinski definition) is 2. The summed E-state index contributed by atoms with van der Waals surface area (Å²) in [6.07, 6.45) is 0.873. The van der Waals surface area contributed by atoms with Gasteiger partial charge >= 0.3 is 5.97 Å². The van der Waals surface area contributed by atoms with Crippen LogP contribution in [-0.4, -0.2) is 23.0 Å². The predicted molar refractivity (Wildman–Crippen MR) is 83.1 cm³/mol. The Morgan fingerprint density at radius 1 is 1.29 bits per heavy atom. The van der Waals surface area contributed by atoms with Gasteiger partial charge in [0.1, 0.15) is 0 Å². The van der Waals surface area contributed by atoms with E-state index in [4.69, 9.17) is 5.11 Å². The number of amides is 1. The molecule has 0 saturated carbocycles. The Kier molecular flexibility index (Phi) is 5.94. The van der Waals surface area contributed by atoms with Gasteiger partial charge in [-0.05, 0) is 24.3 Å². The summed E-state index contributed by atoms with van der Waals surface area (Å²) in [7, 11) is 0. The topological polar surface area (TPSA) is 66.4 Å². The summed E-state index contributed by atoms with van der Waals surface area (Å²) in [6, 6.07) is 7.44. The van der Waals surface area contributed by atoms with Gasteiger partial charge in [0.2, 0.25) is 5.91 Å². The van der Waals surface area contributed by atoms with Crippen LogP contribution < -0.4 is 5.32 Å². The molecule has 1 rings (SSSR count). The van der Waals surface area contributed by atoms with Crippen LogP contribution in [0.15, 0.2) is 24.3 Å². The van der Waals surface area contributed by atoms with E-state index in [0.29, 0.717) is 6.42 Å². The highest BCUT2D eigenvalue weighted by Crippen LogP contribution is 2.22. The molecule has 0 radical (unpaired) electrons. The number of aryl methyl sites for hydroxylation is 1. The molecule has 1 amide bonds. The van der Waals surface area contributed by atoms with E-state index in [1.165, 1.54) is 0 Å². The van der Waals surface area contributed by atoms with Crippen molar-refractivity contribution >= 4 is 11.9 Å². The molecular formula is C17H25NO3. The number of rotatable bonds is 6. The van der Waals surface area contributed by atoms with Crippen molar-refractivity contribution in [3.8, 4) is 0 Å². The lowest BCUT2D eigenvalue weighted by molar-refractivity contribution is -0.137. The van der Waals surface area contributed by atoms with E-state index in [1.54, 1.807) is 0 Å². The van der Waals surface area contributed by atoms with Gasteiger partial charge in [-0.1, -0.05) is 50.6 Å². The first-order valence-electron chi connectivity index (χ1n) is 7.22. The molecule has 0 aromatic heterocycles. The first-order chi connectivity index (χ1) is 9.65. The van der Waals surface area contributed by atoms with Gasteiger partial charge in [-0.15, -0.1) is 0 Å². The van der Waals surface area contributed by atoms with E-state index in [1.807, 2.05) is 52.0 Å². The van der Waals surface area contributed by atoms with Crippen LogP contribution in [0.2, 0.25) is 0 Å². The molecule has 116 valence electrons. The Balaban J connectivity index is 2.65. The predicted octanol–water partition coefficient (Wildman–Crippen LogP) is 2.93. The molecule has 21 heavy (non-hydrogen) atoms. The number of carboxylic acids is 1. The molecule has 0 bridgehead atoms. The van der Waals surface area contributed by atoms with Crippen LogP contribution in [0.1, 0.15) is 44.7 Å². The molecule has 0 aliphatic rings. The van der Waals surface area contributed by atoms with E-state index in [-0.39, 0.29) is 30.2 Å². The number of aliphatic carboxylic acids is 1. The third-order valence-electron chi connectivity index (χ3n) is 3.09. The molecular weight excluding hydrogens is 266 g/mol. The number of nitrogens with one attached hydrogen (secondary N) is 1. The lowest BCUT2D eigenvalue weighted by Crippen LogP contribution is -2.39. The van der Waals surface area contributed by atoms with Gasteiger partial charge in [0.25, 0.3) is 0 Å². The standard InChI is InChI=1S/C17H25NO3/c1-12-6-5-7-13(8-12)9-15(19)18-14(10-16(20)21)11-17(2,3)4/h5-8,14H,9-11H2,1-4H3,(H,18,19)(H,20,21). The minimum Gasteiger partial charge on any atom is -0.481 e. The fraction of sp³-hybridized carbons (Fsp3) is 0.529. The minimum absolute atomic E-state index is 0.0310. The van der Waals surface area contributed by atoms with E-state index < -0.39 is 5.97 Å². The molecule has 1 aromatic rings. The minimum atomic E-state index is -0.889. The number of carbonyl (C=O) groups is 2. The van der Waals surface area contributed by atoms with Crippen LogP contribution in [0, 0.1) is 12.3 Å². The first-order valence-corrected chi connectivity index (χ1v) is 7.22. The summed E-state index contributed by atoms with van der Waals surface area (Å²) in [5.74, 6) is -1.02. The van der Waals surface area contributed by atoms with Gasteiger partial charge in [0, 0.05) is 6.04 Å². The number of benzene rings is 1. The zero-order valence-electron chi connectivity index (χ0n) is 13.3. The molecule has 0 spiro atoms. The maximum absolute atomic E-state index is 12.1. The van der Waals surface area contributed by atoms with Crippen molar-refractivity contribution < 1.29 is 14.7 Å². The second kappa shape index (κ2) is 7.25. The summed E-state index contributed by atoms with van der Waals surface area (Å²) < 4.78 is 0. The molecule has 0 fully saturated rings. The van der Waals surface area contributed by atoms with Crippen molar-refractivity contribution in [2.45, 2.75) is 53.0 Å². The number of carboxylic acid groups (broad SMARTS) is 1. The van der Waals surface area contributed by atoms with Gasteiger partial charge in [0.05, 0.1) is 12.8 Å². The molecule has 4 heteroatoms. The van der Waals surface area contributed by atoms with Crippen molar-refractivity contribution in [1.29, 1.82) is 0 Å². The highest BCUT2D eigenvalue weighted by atomic mass is 16.4. The largest absolute Gasteiger partial charge is 0.481 e. The van der Waals surface area contributed by atoms with E-state index in [0.717, 1.165) is 11.1 Å². The summed E-state index contributed by atoms with van der Waals surface area (Å²) in [5.41, 5.74) is 2.02. The van der Waals surface area contributed by atoms with Crippen LogP contribution in [0.25, 0.3) is 0 Å². The molecule has 0 aliphatic carbocycles. The van der Waals surface area contributed by atoms with E-state index >= 15 is 0 Å². The molecule has 1 aromatic carbocycles. The van der Waals surface area contributed by atoms with Crippen LogP contribution >= 0.6 is 0 Å². The third kappa shape index (κ3) is 7.49. The maximum Gasteiger partial charge on any atom is 0.305 e. The molecule has 0 saturated heterocycles. The zero-order chi connectivity index (χ0) is 16.0. The second-order valence-electron chi connectivity index (χ2n) is 6.79. The smallest absolute Gasteiger partial charge is 0.305 e. The molecule has 2 N–H and O–H groups in total. The Morgan fingerprint density at radius 3 is 2.48 bits per heavy atom. The Bertz CT molecular complexity index is 503. The maximum atomic E-state index is 12.1. The molecule has 1 atom stereocenters. The van der Waals surface area contributed by atoms with Gasteiger partial charge in [-0.25, -0.2) is 0 Å². The van der Waals surface area contributed by atoms with E-state index in [2.05, 4.69) is 5.32 Å². The fourth-order valence-corrected chi connectivity index (χ4v) is 2.41. The second-order valence-corrected chi connectivity index (χ2v) is 6.79. The highest BCUT2D eigenvalue weighted by molar-refractivity contribution is 5.79. The molecule has 0 aliphatic heterocycles. The third-order valence-corrected chi connectivity index (χ3v) is 3.09. The van der Waals surface area contributed by atoms with Gasteiger partial charge < -0.3 is 10.4 Å². The summed E-state index contributed by atoms with van der Waals surface area (Å²) in [4.78, 5) is 23.0. The van der Waals surface area contributed by atoms with Crippen molar-refractivity contribution in [1.82, 2.24) is 5.32 Å². The van der Waals surface area contributed by atoms with Gasteiger partial charge in [0.15, 0.2) is 0 Å². The molecule has 0 heterocycles. The highest BCUT2D eigenvalue weighted by Gasteiger charge is 2.22.